The Morgan fingerprint density at radius 2 is 2.26 bits per heavy atom. The van der Waals surface area contributed by atoms with Crippen LogP contribution in [0.5, 0.6) is 0 Å². The molecule has 0 aromatic rings. The molecule has 1 heterocycles. The van der Waals surface area contributed by atoms with Crippen molar-refractivity contribution in [3.8, 4) is 0 Å². The van der Waals surface area contributed by atoms with Crippen molar-refractivity contribution in [2.45, 2.75) is 62.9 Å². The highest BCUT2D eigenvalue weighted by molar-refractivity contribution is 7.99. The molecule has 4 unspecified atom stereocenters. The molecule has 1 aliphatic carbocycles. The zero-order valence-corrected chi connectivity index (χ0v) is 16.0. The van der Waals surface area contributed by atoms with Crippen molar-refractivity contribution in [1.82, 2.24) is 15.5 Å². The average Bonchev–Trinajstić information content (AvgIpc) is 2.58. The van der Waals surface area contributed by atoms with Gasteiger partial charge in [-0.25, -0.2) is 0 Å². The molecule has 6 heteroatoms. The Hall–Kier alpha value is -0.460. The van der Waals surface area contributed by atoms with Crippen molar-refractivity contribution < 1.29 is 4.74 Å². The van der Waals surface area contributed by atoms with Crippen LogP contribution in [0.25, 0.3) is 0 Å². The Morgan fingerprint density at radius 3 is 2.96 bits per heavy atom. The maximum absolute atomic E-state index is 5.53. The van der Waals surface area contributed by atoms with Crippen molar-refractivity contribution in [2.75, 3.05) is 39.6 Å². The van der Waals surface area contributed by atoms with Gasteiger partial charge in [-0.05, 0) is 39.4 Å². The SMILES string of the molecule is CN=C(NCC(C)N1CCOCC1C)NC1CCCC(SC)C1. The lowest BCUT2D eigenvalue weighted by molar-refractivity contribution is -0.0174. The number of morpholine rings is 1. The van der Waals surface area contributed by atoms with E-state index in [1.165, 1.54) is 25.7 Å². The van der Waals surface area contributed by atoms with Gasteiger partial charge in [-0.2, -0.15) is 11.8 Å². The number of thioether (sulfide) groups is 1. The minimum absolute atomic E-state index is 0.484. The molecular weight excluding hydrogens is 308 g/mol. The Balaban J connectivity index is 1.76. The molecule has 5 nitrogen and oxygen atoms in total. The number of ether oxygens (including phenoxy) is 1. The summed E-state index contributed by atoms with van der Waals surface area (Å²) in [6, 6.07) is 1.54. The predicted octanol–water partition coefficient (Wildman–Crippen LogP) is 1.93. The molecule has 0 aromatic heterocycles. The van der Waals surface area contributed by atoms with Crippen molar-refractivity contribution in [1.29, 1.82) is 0 Å². The largest absolute Gasteiger partial charge is 0.379 e. The highest BCUT2D eigenvalue weighted by Gasteiger charge is 2.25. The van der Waals surface area contributed by atoms with E-state index in [9.17, 15) is 0 Å². The number of hydrogen-bond donors (Lipinski definition) is 2. The summed E-state index contributed by atoms with van der Waals surface area (Å²) in [5.74, 6) is 0.949. The zero-order chi connectivity index (χ0) is 16.7. The summed E-state index contributed by atoms with van der Waals surface area (Å²) in [6.45, 7) is 8.16. The maximum Gasteiger partial charge on any atom is 0.191 e. The molecule has 0 spiro atoms. The van der Waals surface area contributed by atoms with Gasteiger partial charge < -0.3 is 15.4 Å². The second-order valence-corrected chi connectivity index (χ2v) is 7.97. The summed E-state index contributed by atoms with van der Waals surface area (Å²) in [7, 11) is 1.87. The quantitative estimate of drug-likeness (QED) is 0.591. The van der Waals surface area contributed by atoms with Gasteiger partial charge in [0.15, 0.2) is 5.96 Å². The molecule has 1 saturated heterocycles. The van der Waals surface area contributed by atoms with Crippen molar-refractivity contribution >= 4 is 17.7 Å². The Kier molecular flexibility index (Phi) is 7.99. The lowest BCUT2D eigenvalue weighted by Crippen LogP contribution is -2.54. The third-order valence-corrected chi connectivity index (χ3v) is 6.17. The fourth-order valence-electron chi connectivity index (χ4n) is 3.63. The number of guanidine groups is 1. The summed E-state index contributed by atoms with van der Waals surface area (Å²) < 4.78 is 5.53. The third kappa shape index (κ3) is 5.84. The van der Waals surface area contributed by atoms with Gasteiger partial charge in [0.25, 0.3) is 0 Å². The Bertz CT molecular complexity index is 380. The molecule has 1 aliphatic heterocycles. The lowest BCUT2D eigenvalue weighted by Gasteiger charge is -2.38. The molecule has 0 aromatic carbocycles. The van der Waals surface area contributed by atoms with Gasteiger partial charge in [-0.1, -0.05) is 6.42 Å². The number of aliphatic imine (C=N–C) groups is 1. The van der Waals surface area contributed by atoms with E-state index in [1.54, 1.807) is 0 Å². The van der Waals surface area contributed by atoms with Crippen molar-refractivity contribution in [2.24, 2.45) is 4.99 Å². The fraction of sp³-hybridized carbons (Fsp3) is 0.941. The third-order valence-electron chi connectivity index (χ3n) is 5.07. The zero-order valence-electron chi connectivity index (χ0n) is 15.2. The molecule has 2 fully saturated rings. The van der Waals surface area contributed by atoms with Gasteiger partial charge in [-0.3, -0.25) is 9.89 Å². The Labute approximate surface area is 146 Å². The first-order valence-corrected chi connectivity index (χ1v) is 10.3. The standard InChI is InChI=1S/C17H34N4OS/c1-13(21-8-9-22-12-14(21)2)11-19-17(18-3)20-15-6-5-7-16(10-15)23-4/h13-16H,5-12H2,1-4H3,(H2,18,19,20). The normalized spacial score (nSPS) is 31.7. The van der Waals surface area contributed by atoms with Crippen molar-refractivity contribution in [3.05, 3.63) is 0 Å². The summed E-state index contributed by atoms with van der Waals surface area (Å²) >= 11 is 2.00. The van der Waals surface area contributed by atoms with Gasteiger partial charge in [0.05, 0.1) is 13.2 Å². The first-order chi connectivity index (χ1) is 11.1. The molecule has 4 atom stereocenters. The molecule has 1 saturated carbocycles. The van der Waals surface area contributed by atoms with E-state index in [1.807, 2.05) is 18.8 Å². The van der Waals surface area contributed by atoms with Crippen LogP contribution >= 0.6 is 11.8 Å². The number of nitrogens with zero attached hydrogens (tertiary/aromatic N) is 2. The topological polar surface area (TPSA) is 48.9 Å². The Morgan fingerprint density at radius 1 is 1.43 bits per heavy atom. The molecule has 134 valence electrons. The van der Waals surface area contributed by atoms with Gasteiger partial charge in [0.2, 0.25) is 0 Å². The first kappa shape index (κ1) is 18.9. The van der Waals surface area contributed by atoms with Crippen molar-refractivity contribution in [3.63, 3.8) is 0 Å². The fourth-order valence-corrected chi connectivity index (χ4v) is 4.46. The molecule has 0 bridgehead atoms. The number of hydrogen-bond acceptors (Lipinski definition) is 4. The summed E-state index contributed by atoms with van der Waals surface area (Å²) in [5.41, 5.74) is 0. The van der Waals surface area contributed by atoms with Crippen LogP contribution in [0.4, 0.5) is 0 Å². The van der Waals surface area contributed by atoms with E-state index >= 15 is 0 Å². The van der Waals surface area contributed by atoms with Crippen LogP contribution in [0.15, 0.2) is 4.99 Å². The smallest absolute Gasteiger partial charge is 0.191 e. The van der Waals surface area contributed by atoms with E-state index in [2.05, 4.69) is 40.6 Å². The van der Waals surface area contributed by atoms with Crippen LogP contribution in [-0.2, 0) is 4.74 Å². The van der Waals surface area contributed by atoms with E-state index in [4.69, 9.17) is 4.74 Å². The minimum Gasteiger partial charge on any atom is -0.379 e. The molecule has 2 aliphatic rings. The van der Waals surface area contributed by atoms with E-state index in [0.29, 0.717) is 18.1 Å². The van der Waals surface area contributed by atoms with Crippen LogP contribution in [0.3, 0.4) is 0 Å². The van der Waals surface area contributed by atoms with E-state index < -0.39 is 0 Å². The van der Waals surface area contributed by atoms with Gasteiger partial charge in [0.1, 0.15) is 0 Å². The van der Waals surface area contributed by atoms with Gasteiger partial charge in [0, 0.05) is 43.5 Å². The molecular formula is C17H34N4OS. The second-order valence-electron chi connectivity index (χ2n) is 6.83. The summed E-state index contributed by atoms with van der Waals surface area (Å²) in [4.78, 5) is 6.94. The lowest BCUT2D eigenvalue weighted by atomic mass is 9.95. The predicted molar refractivity (Wildman–Crippen MR) is 101 cm³/mol. The first-order valence-electron chi connectivity index (χ1n) is 8.97. The second kappa shape index (κ2) is 9.74. The molecule has 0 amide bonds. The number of nitrogens with one attached hydrogen (secondary N) is 2. The monoisotopic (exact) mass is 342 g/mol. The van der Waals surface area contributed by atoms with Crippen LogP contribution < -0.4 is 10.6 Å². The van der Waals surface area contributed by atoms with Gasteiger partial charge in [-0.15, -0.1) is 0 Å². The summed E-state index contributed by atoms with van der Waals surface area (Å²) in [6.07, 6.45) is 7.41. The van der Waals surface area contributed by atoms with Crippen LogP contribution in [0.1, 0.15) is 39.5 Å². The van der Waals surface area contributed by atoms with E-state index in [0.717, 1.165) is 37.5 Å². The number of rotatable bonds is 5. The highest BCUT2D eigenvalue weighted by Crippen LogP contribution is 2.26. The van der Waals surface area contributed by atoms with Gasteiger partial charge >= 0.3 is 0 Å². The minimum atomic E-state index is 0.484. The molecule has 0 radical (unpaired) electrons. The summed E-state index contributed by atoms with van der Waals surface area (Å²) in [5, 5.41) is 7.94. The average molecular weight is 343 g/mol. The van der Waals surface area contributed by atoms with Crippen LogP contribution in [-0.4, -0.2) is 73.8 Å². The van der Waals surface area contributed by atoms with E-state index in [-0.39, 0.29) is 0 Å². The highest BCUT2D eigenvalue weighted by atomic mass is 32.2. The van der Waals surface area contributed by atoms with Crippen LogP contribution in [0.2, 0.25) is 0 Å². The van der Waals surface area contributed by atoms with Crippen LogP contribution in [0, 0.1) is 0 Å². The molecule has 23 heavy (non-hydrogen) atoms. The maximum atomic E-state index is 5.53. The molecule has 2 N–H and O–H groups in total. The molecule has 2 rings (SSSR count).